The molecule has 1 saturated heterocycles. The first-order valence-electron chi connectivity index (χ1n) is 12.6. The first-order chi connectivity index (χ1) is 17.1. The van der Waals surface area contributed by atoms with Gasteiger partial charge in [0.15, 0.2) is 0 Å². The highest BCUT2D eigenvalue weighted by atomic mass is 32.2. The Morgan fingerprint density at radius 3 is 2.28 bits per heavy atom. The second kappa shape index (κ2) is 9.49. The summed E-state index contributed by atoms with van der Waals surface area (Å²) in [5.41, 5.74) is 4.38. The maximum atomic E-state index is 13.7. The number of para-hydroxylation sites is 1. The van der Waals surface area contributed by atoms with Gasteiger partial charge in [-0.2, -0.15) is 4.31 Å². The summed E-state index contributed by atoms with van der Waals surface area (Å²) in [6, 6.07) is 22.3. The number of sulfonamides is 1. The van der Waals surface area contributed by atoms with Gasteiger partial charge in [-0.25, -0.2) is 12.8 Å². The van der Waals surface area contributed by atoms with E-state index in [1.54, 1.807) is 28.6 Å². The second-order valence-corrected chi connectivity index (χ2v) is 12.8. The van der Waals surface area contributed by atoms with Crippen LogP contribution in [0.25, 0.3) is 10.9 Å². The Bertz CT molecular complexity index is 1480. The minimum absolute atomic E-state index is 0.0194. The Kier molecular flexibility index (Phi) is 6.52. The van der Waals surface area contributed by atoms with Gasteiger partial charge in [-0.05, 0) is 71.2 Å². The summed E-state index contributed by atoms with van der Waals surface area (Å²) < 4.78 is 44.2. The zero-order valence-electron chi connectivity index (χ0n) is 21.1. The molecule has 188 valence electrons. The third-order valence-electron chi connectivity index (χ3n) is 7.31. The molecule has 1 fully saturated rings. The number of benzene rings is 3. The van der Waals surface area contributed by atoms with Gasteiger partial charge in [0.05, 0.1) is 4.90 Å². The van der Waals surface area contributed by atoms with Crippen molar-refractivity contribution < 1.29 is 12.8 Å². The molecular weight excluding hydrogens is 471 g/mol. The van der Waals surface area contributed by atoms with E-state index in [4.69, 9.17) is 0 Å². The molecular formula is C30H33FN2O2S. The number of fused-ring (bicyclic) bond motifs is 1. The number of halogens is 1. The molecule has 0 bridgehead atoms. The fraction of sp³-hybridized carbons (Fsp3) is 0.333. The molecule has 0 aliphatic carbocycles. The Hall–Kier alpha value is -2.96. The van der Waals surface area contributed by atoms with E-state index >= 15 is 0 Å². The molecule has 4 aromatic rings. The van der Waals surface area contributed by atoms with Crippen molar-refractivity contribution >= 4 is 20.9 Å². The Balaban J connectivity index is 1.35. The van der Waals surface area contributed by atoms with E-state index < -0.39 is 10.0 Å². The van der Waals surface area contributed by atoms with E-state index in [0.717, 1.165) is 29.5 Å². The van der Waals surface area contributed by atoms with Gasteiger partial charge in [0, 0.05) is 36.7 Å². The molecule has 0 atom stereocenters. The summed E-state index contributed by atoms with van der Waals surface area (Å²) in [7, 11) is -3.52. The lowest BCUT2D eigenvalue weighted by atomic mass is 9.87. The molecule has 3 aromatic carbocycles. The first-order valence-corrected chi connectivity index (χ1v) is 14.0. The zero-order chi connectivity index (χ0) is 25.5. The first kappa shape index (κ1) is 24.7. The quantitative estimate of drug-likeness (QED) is 0.304. The highest BCUT2D eigenvalue weighted by molar-refractivity contribution is 7.89. The zero-order valence-corrected chi connectivity index (χ0v) is 21.9. The van der Waals surface area contributed by atoms with Gasteiger partial charge in [0.2, 0.25) is 10.0 Å². The maximum absolute atomic E-state index is 13.7. The van der Waals surface area contributed by atoms with Crippen LogP contribution in [-0.2, 0) is 22.0 Å². The number of nitrogens with zero attached hydrogens (tertiary/aromatic N) is 2. The molecule has 4 nitrogen and oxygen atoms in total. The van der Waals surface area contributed by atoms with E-state index in [0.29, 0.717) is 24.5 Å². The number of piperidine rings is 1. The van der Waals surface area contributed by atoms with Crippen molar-refractivity contribution in [2.75, 3.05) is 13.1 Å². The van der Waals surface area contributed by atoms with Crippen LogP contribution in [0.4, 0.5) is 4.39 Å². The second-order valence-electron chi connectivity index (χ2n) is 10.8. The lowest BCUT2D eigenvalue weighted by Crippen LogP contribution is -2.37. The molecule has 0 saturated carbocycles. The minimum Gasteiger partial charge on any atom is -0.343 e. The number of rotatable bonds is 5. The summed E-state index contributed by atoms with van der Waals surface area (Å²) >= 11 is 0. The average molecular weight is 505 g/mol. The van der Waals surface area contributed by atoms with Crippen LogP contribution in [0, 0.1) is 5.82 Å². The number of aromatic nitrogens is 1. The highest BCUT2D eigenvalue weighted by Gasteiger charge is 2.31. The van der Waals surface area contributed by atoms with Crippen LogP contribution in [0.1, 0.15) is 56.2 Å². The minimum atomic E-state index is -3.52. The predicted molar refractivity (Wildman–Crippen MR) is 143 cm³/mol. The van der Waals surface area contributed by atoms with Crippen LogP contribution < -0.4 is 0 Å². The average Bonchev–Trinajstić information content (AvgIpc) is 3.22. The van der Waals surface area contributed by atoms with Gasteiger partial charge < -0.3 is 4.57 Å². The maximum Gasteiger partial charge on any atom is 0.243 e. The summed E-state index contributed by atoms with van der Waals surface area (Å²) in [6.07, 6.45) is 3.72. The lowest BCUT2D eigenvalue weighted by Gasteiger charge is -2.31. The van der Waals surface area contributed by atoms with Crippen molar-refractivity contribution in [3.63, 3.8) is 0 Å². The van der Waals surface area contributed by atoms with Gasteiger partial charge in [-0.15, -0.1) is 0 Å². The van der Waals surface area contributed by atoms with Crippen molar-refractivity contribution in [1.29, 1.82) is 0 Å². The van der Waals surface area contributed by atoms with E-state index in [1.165, 1.54) is 17.0 Å². The van der Waals surface area contributed by atoms with Gasteiger partial charge in [0.25, 0.3) is 0 Å². The molecule has 0 amide bonds. The van der Waals surface area contributed by atoms with Crippen molar-refractivity contribution in [1.82, 2.24) is 8.87 Å². The summed E-state index contributed by atoms with van der Waals surface area (Å²) in [5, 5.41) is 1.19. The lowest BCUT2D eigenvalue weighted by molar-refractivity contribution is 0.320. The fourth-order valence-corrected chi connectivity index (χ4v) is 6.72. The van der Waals surface area contributed by atoms with Crippen molar-refractivity contribution in [2.24, 2.45) is 0 Å². The van der Waals surface area contributed by atoms with Crippen molar-refractivity contribution in [2.45, 2.75) is 56.4 Å². The van der Waals surface area contributed by atoms with Crippen LogP contribution in [0.5, 0.6) is 0 Å². The van der Waals surface area contributed by atoms with Crippen molar-refractivity contribution in [3.05, 3.63) is 102 Å². The predicted octanol–water partition coefficient (Wildman–Crippen LogP) is 6.69. The molecule has 1 aromatic heterocycles. The third kappa shape index (κ3) is 4.84. The SMILES string of the molecule is CC(C)(C)c1ccc(S(=O)(=O)N2CCC(c3cn(Cc4cccc(F)c4)c4ccccc34)CC2)cc1. The van der Waals surface area contributed by atoms with Crippen LogP contribution in [0.3, 0.4) is 0 Å². The third-order valence-corrected chi connectivity index (χ3v) is 9.23. The van der Waals surface area contributed by atoms with Gasteiger partial charge in [-0.1, -0.05) is 63.2 Å². The molecule has 2 heterocycles. The molecule has 5 rings (SSSR count). The topological polar surface area (TPSA) is 42.3 Å². The Labute approximate surface area is 213 Å². The molecule has 0 spiro atoms. The van der Waals surface area contributed by atoms with E-state index in [1.807, 2.05) is 30.3 Å². The monoisotopic (exact) mass is 504 g/mol. The largest absolute Gasteiger partial charge is 0.343 e. The molecule has 0 radical (unpaired) electrons. The molecule has 36 heavy (non-hydrogen) atoms. The Morgan fingerprint density at radius 2 is 1.61 bits per heavy atom. The standard InChI is InChI=1S/C30H33FN2O2S/c1-30(2,3)24-11-13-26(14-12-24)36(34,35)33-17-15-23(16-18-33)28-21-32(29-10-5-4-9-27(28)29)20-22-7-6-8-25(31)19-22/h4-14,19,21,23H,15-18,20H2,1-3H3. The summed E-state index contributed by atoms with van der Waals surface area (Å²) in [6.45, 7) is 7.95. The highest BCUT2D eigenvalue weighted by Crippen LogP contribution is 2.36. The van der Waals surface area contributed by atoms with Gasteiger partial charge in [-0.3, -0.25) is 0 Å². The van der Waals surface area contributed by atoms with E-state index in [2.05, 4.69) is 43.7 Å². The normalized spacial score (nSPS) is 16.0. The molecule has 0 unspecified atom stereocenters. The molecule has 1 aliphatic rings. The number of hydrogen-bond acceptors (Lipinski definition) is 2. The Morgan fingerprint density at radius 1 is 0.917 bits per heavy atom. The van der Waals surface area contributed by atoms with E-state index in [9.17, 15) is 12.8 Å². The van der Waals surface area contributed by atoms with E-state index in [-0.39, 0.29) is 17.2 Å². The van der Waals surface area contributed by atoms with Crippen molar-refractivity contribution in [3.8, 4) is 0 Å². The van der Waals surface area contributed by atoms with Gasteiger partial charge >= 0.3 is 0 Å². The molecule has 6 heteroatoms. The number of hydrogen-bond donors (Lipinski definition) is 0. The van der Waals surface area contributed by atoms with Gasteiger partial charge in [0.1, 0.15) is 5.82 Å². The van der Waals surface area contributed by atoms with Crippen LogP contribution in [-0.4, -0.2) is 30.4 Å². The van der Waals surface area contributed by atoms with Crippen LogP contribution in [0.15, 0.2) is 83.9 Å². The summed E-state index contributed by atoms with van der Waals surface area (Å²) in [4.78, 5) is 0.362. The molecule has 0 N–H and O–H groups in total. The fourth-order valence-electron chi connectivity index (χ4n) is 5.25. The molecule has 1 aliphatic heterocycles. The van der Waals surface area contributed by atoms with Crippen LogP contribution >= 0.6 is 0 Å². The van der Waals surface area contributed by atoms with Crippen LogP contribution in [0.2, 0.25) is 0 Å². The smallest absolute Gasteiger partial charge is 0.243 e. The summed E-state index contributed by atoms with van der Waals surface area (Å²) in [5.74, 6) is 0.0455.